The summed E-state index contributed by atoms with van der Waals surface area (Å²) in [5, 5.41) is 0.622. The predicted molar refractivity (Wildman–Crippen MR) is 64.6 cm³/mol. The number of fused-ring (bicyclic) bond motifs is 1. The van der Waals surface area contributed by atoms with Crippen molar-refractivity contribution in [2.24, 2.45) is 0 Å². The second kappa shape index (κ2) is 4.18. The molecule has 0 amide bonds. The maximum absolute atomic E-state index is 13.1. The number of nitrogens with zero attached hydrogens (tertiary/aromatic N) is 1. The number of aromatic nitrogens is 2. The van der Waals surface area contributed by atoms with Crippen molar-refractivity contribution in [1.82, 2.24) is 9.97 Å². The molecule has 0 aliphatic rings. The second-order valence-electron chi connectivity index (χ2n) is 3.79. The minimum atomic E-state index is -3.24. The van der Waals surface area contributed by atoms with Gasteiger partial charge >= 0.3 is 0 Å². The zero-order chi connectivity index (χ0) is 12.6. The van der Waals surface area contributed by atoms with Crippen LogP contribution in [0.5, 0.6) is 0 Å². The lowest BCUT2D eigenvalue weighted by atomic mass is 10.2. The number of hydrogen-bond acceptors (Lipinski definition) is 2. The fraction of sp³-hybridized carbons (Fsp3) is 0.273. The summed E-state index contributed by atoms with van der Waals surface area (Å²) in [6.45, 7) is 0.656. The first kappa shape index (κ1) is 12.2. The second-order valence-corrected chi connectivity index (χ2v) is 4.35. The summed E-state index contributed by atoms with van der Waals surface area (Å²) < 4.78 is 26.2. The highest BCUT2D eigenvalue weighted by molar-refractivity contribution is 9.08. The van der Waals surface area contributed by atoms with E-state index in [4.69, 9.17) is 0 Å². The molecule has 0 saturated carbocycles. The van der Waals surface area contributed by atoms with Gasteiger partial charge in [-0.05, 0) is 17.7 Å². The Labute approximate surface area is 104 Å². The highest BCUT2D eigenvalue weighted by Crippen LogP contribution is 2.23. The fourth-order valence-corrected chi connectivity index (χ4v) is 1.86. The van der Waals surface area contributed by atoms with Gasteiger partial charge in [-0.15, -0.1) is 0 Å². The number of benzene rings is 1. The summed E-state index contributed by atoms with van der Waals surface area (Å²) in [4.78, 5) is 17.6. The summed E-state index contributed by atoms with van der Waals surface area (Å²) in [5.74, 6) is -3.24. The van der Waals surface area contributed by atoms with Crippen LogP contribution in [0.2, 0.25) is 0 Å². The minimum Gasteiger partial charge on any atom is -0.319 e. The third kappa shape index (κ3) is 2.36. The normalized spacial score (nSPS) is 12.0. The molecule has 17 heavy (non-hydrogen) atoms. The van der Waals surface area contributed by atoms with Crippen molar-refractivity contribution in [3.8, 4) is 0 Å². The average molecular weight is 303 g/mol. The van der Waals surface area contributed by atoms with Gasteiger partial charge in [-0.25, -0.2) is 4.98 Å². The van der Waals surface area contributed by atoms with E-state index in [1.807, 2.05) is 0 Å². The summed E-state index contributed by atoms with van der Waals surface area (Å²) in [6, 6.07) is 5.08. The molecule has 90 valence electrons. The summed E-state index contributed by atoms with van der Waals surface area (Å²) in [5.41, 5.74) is 0.144. The van der Waals surface area contributed by atoms with E-state index in [-0.39, 0.29) is 0 Å². The molecular weight excluding hydrogens is 294 g/mol. The van der Waals surface area contributed by atoms with Gasteiger partial charge in [0.1, 0.15) is 0 Å². The Kier molecular flexibility index (Phi) is 2.99. The molecular formula is C11H9BrF2N2O. The number of alkyl halides is 3. The number of hydrogen-bond donors (Lipinski definition) is 1. The molecule has 0 spiro atoms. The zero-order valence-electron chi connectivity index (χ0n) is 8.93. The summed E-state index contributed by atoms with van der Waals surface area (Å²) in [6.07, 6.45) is 0. The number of H-pyrrole nitrogens is 1. The zero-order valence-corrected chi connectivity index (χ0v) is 10.5. The van der Waals surface area contributed by atoms with E-state index in [0.29, 0.717) is 23.3 Å². The van der Waals surface area contributed by atoms with Crippen molar-refractivity contribution < 1.29 is 8.78 Å². The molecule has 0 saturated heterocycles. The van der Waals surface area contributed by atoms with Crippen LogP contribution in [0.1, 0.15) is 18.2 Å². The number of nitrogens with one attached hydrogen (secondary N) is 1. The van der Waals surface area contributed by atoms with Crippen LogP contribution in [0, 0.1) is 0 Å². The highest BCUT2D eigenvalue weighted by Gasteiger charge is 2.30. The molecule has 0 unspecified atom stereocenters. The van der Waals surface area contributed by atoms with Crippen molar-refractivity contribution in [3.05, 3.63) is 39.8 Å². The number of halogens is 3. The lowest BCUT2D eigenvalue weighted by Crippen LogP contribution is -2.24. The fourth-order valence-electron chi connectivity index (χ4n) is 1.51. The third-order valence-electron chi connectivity index (χ3n) is 2.33. The van der Waals surface area contributed by atoms with Gasteiger partial charge in [-0.1, -0.05) is 22.0 Å². The van der Waals surface area contributed by atoms with Crippen LogP contribution in [0.4, 0.5) is 8.78 Å². The molecule has 1 N–H and O–H groups in total. The van der Waals surface area contributed by atoms with Gasteiger partial charge in [0.2, 0.25) is 0 Å². The molecule has 0 aliphatic carbocycles. The predicted octanol–water partition coefficient (Wildman–Crippen LogP) is 2.93. The van der Waals surface area contributed by atoms with Crippen LogP contribution in [-0.4, -0.2) is 9.97 Å². The van der Waals surface area contributed by atoms with E-state index in [0.717, 1.165) is 5.56 Å². The molecule has 1 heterocycles. The van der Waals surface area contributed by atoms with Crippen LogP contribution < -0.4 is 5.56 Å². The van der Waals surface area contributed by atoms with Crippen molar-refractivity contribution in [2.75, 3.05) is 0 Å². The van der Waals surface area contributed by atoms with Gasteiger partial charge in [-0.3, -0.25) is 4.79 Å². The van der Waals surface area contributed by atoms with Crippen LogP contribution in [0.15, 0.2) is 23.0 Å². The van der Waals surface area contributed by atoms with Crippen LogP contribution in [0.3, 0.4) is 0 Å². The summed E-state index contributed by atoms with van der Waals surface area (Å²) >= 11 is 3.28. The average Bonchev–Trinajstić information content (AvgIpc) is 2.25. The van der Waals surface area contributed by atoms with Crippen LogP contribution in [0.25, 0.3) is 11.0 Å². The van der Waals surface area contributed by atoms with Gasteiger partial charge in [0.15, 0.2) is 5.69 Å². The van der Waals surface area contributed by atoms with Gasteiger partial charge in [0, 0.05) is 12.3 Å². The van der Waals surface area contributed by atoms with Gasteiger partial charge in [0.25, 0.3) is 11.5 Å². The summed E-state index contributed by atoms with van der Waals surface area (Å²) in [7, 11) is 0. The van der Waals surface area contributed by atoms with Crippen LogP contribution >= 0.6 is 15.9 Å². The van der Waals surface area contributed by atoms with Crippen molar-refractivity contribution in [2.45, 2.75) is 18.2 Å². The molecule has 0 aliphatic heterocycles. The first-order valence-electron chi connectivity index (χ1n) is 4.89. The maximum Gasteiger partial charge on any atom is 0.292 e. The van der Waals surface area contributed by atoms with E-state index in [1.54, 1.807) is 18.2 Å². The van der Waals surface area contributed by atoms with Crippen LogP contribution in [-0.2, 0) is 11.3 Å². The topological polar surface area (TPSA) is 45.8 Å². The first-order valence-corrected chi connectivity index (χ1v) is 6.01. The molecule has 1 aromatic carbocycles. The van der Waals surface area contributed by atoms with Gasteiger partial charge in [0.05, 0.1) is 11.0 Å². The Balaban J connectivity index is 2.71. The molecule has 0 atom stereocenters. The van der Waals surface area contributed by atoms with E-state index >= 15 is 0 Å². The van der Waals surface area contributed by atoms with E-state index in [2.05, 4.69) is 25.9 Å². The van der Waals surface area contributed by atoms with Gasteiger partial charge in [-0.2, -0.15) is 8.78 Å². The Morgan fingerprint density at radius 2 is 2.18 bits per heavy atom. The Morgan fingerprint density at radius 1 is 1.47 bits per heavy atom. The molecule has 2 aromatic rings. The van der Waals surface area contributed by atoms with Crippen molar-refractivity contribution >= 4 is 27.0 Å². The molecule has 0 fully saturated rings. The van der Waals surface area contributed by atoms with Crippen molar-refractivity contribution in [3.63, 3.8) is 0 Å². The largest absolute Gasteiger partial charge is 0.319 e. The Morgan fingerprint density at radius 3 is 2.76 bits per heavy atom. The number of aromatic amines is 1. The standard InChI is InChI=1S/C11H9BrF2N2O/c1-11(13,14)9-10(17)16-8-4-6(5-12)2-3-7(8)15-9/h2-4H,5H2,1H3,(H,16,17). The molecule has 0 radical (unpaired) electrons. The minimum absolute atomic E-state index is 0.353. The van der Waals surface area contributed by atoms with E-state index < -0.39 is 17.2 Å². The SMILES string of the molecule is CC(F)(F)c1nc2ccc(CBr)cc2[nH]c1=O. The molecule has 6 heteroatoms. The highest BCUT2D eigenvalue weighted by atomic mass is 79.9. The van der Waals surface area contributed by atoms with E-state index in [1.165, 1.54) is 0 Å². The molecule has 2 rings (SSSR count). The lowest BCUT2D eigenvalue weighted by Gasteiger charge is -2.09. The monoisotopic (exact) mass is 302 g/mol. The third-order valence-corrected chi connectivity index (χ3v) is 2.97. The molecule has 3 nitrogen and oxygen atoms in total. The maximum atomic E-state index is 13.1. The van der Waals surface area contributed by atoms with Crippen molar-refractivity contribution in [1.29, 1.82) is 0 Å². The Hall–Kier alpha value is -1.30. The van der Waals surface area contributed by atoms with Gasteiger partial charge < -0.3 is 4.98 Å². The molecule has 0 bridgehead atoms. The first-order chi connectivity index (χ1) is 7.91. The van der Waals surface area contributed by atoms with E-state index in [9.17, 15) is 13.6 Å². The molecule has 1 aromatic heterocycles. The smallest absolute Gasteiger partial charge is 0.292 e. The Bertz CT molecular complexity index is 619. The quantitative estimate of drug-likeness (QED) is 0.867. The lowest BCUT2D eigenvalue weighted by molar-refractivity contribution is 0.0115. The number of rotatable bonds is 2.